The molecule has 3 aromatic rings. The summed E-state index contributed by atoms with van der Waals surface area (Å²) in [7, 11) is 0. The quantitative estimate of drug-likeness (QED) is 0.759. The fourth-order valence-electron chi connectivity index (χ4n) is 2.30. The Morgan fingerprint density at radius 1 is 1.28 bits per heavy atom. The second-order valence-electron chi connectivity index (χ2n) is 5.46. The van der Waals surface area contributed by atoms with E-state index in [2.05, 4.69) is 20.8 Å². The maximum atomic E-state index is 12.3. The molecule has 0 spiro atoms. The molecular weight excluding hydrogens is 342 g/mol. The van der Waals surface area contributed by atoms with E-state index in [1.54, 1.807) is 41.9 Å². The monoisotopic (exact) mass is 357 g/mol. The van der Waals surface area contributed by atoms with Crippen LogP contribution in [0.15, 0.2) is 48.8 Å². The van der Waals surface area contributed by atoms with Gasteiger partial charge in [0.2, 0.25) is 0 Å². The van der Waals surface area contributed by atoms with Gasteiger partial charge < -0.3 is 10.1 Å². The van der Waals surface area contributed by atoms with Gasteiger partial charge in [-0.05, 0) is 66.2 Å². The highest BCUT2D eigenvalue weighted by atomic mass is 35.5. The van der Waals surface area contributed by atoms with Crippen molar-refractivity contribution in [2.75, 3.05) is 5.32 Å². The highest BCUT2D eigenvalue weighted by Gasteiger charge is 2.15. The lowest BCUT2D eigenvalue weighted by Crippen LogP contribution is -2.30. The smallest absolute Gasteiger partial charge is 0.265 e. The Kier molecular flexibility index (Phi) is 4.95. The molecule has 7 nitrogen and oxygen atoms in total. The molecule has 0 saturated carbocycles. The van der Waals surface area contributed by atoms with Crippen LogP contribution >= 0.6 is 11.6 Å². The third-order valence-electron chi connectivity index (χ3n) is 3.54. The molecule has 0 aliphatic rings. The van der Waals surface area contributed by atoms with Gasteiger partial charge in [0.25, 0.3) is 5.91 Å². The van der Waals surface area contributed by atoms with E-state index in [9.17, 15) is 4.79 Å². The molecule has 0 saturated heterocycles. The van der Waals surface area contributed by atoms with E-state index >= 15 is 0 Å². The van der Waals surface area contributed by atoms with Crippen LogP contribution in [0.2, 0.25) is 5.02 Å². The zero-order chi connectivity index (χ0) is 17.8. The molecule has 1 heterocycles. The number of carbonyl (C=O) groups excluding carboxylic acids is 1. The molecule has 0 aliphatic carbocycles. The van der Waals surface area contributed by atoms with Crippen LogP contribution in [0.3, 0.4) is 0 Å². The number of aryl methyl sites for hydroxylation is 1. The maximum Gasteiger partial charge on any atom is 0.265 e. The summed E-state index contributed by atoms with van der Waals surface area (Å²) in [5.41, 5.74) is 2.43. The number of benzene rings is 2. The number of carbonyl (C=O) groups is 1. The van der Waals surface area contributed by atoms with Crippen molar-refractivity contribution in [3.05, 3.63) is 59.4 Å². The summed E-state index contributed by atoms with van der Waals surface area (Å²) in [5, 5.41) is 14.5. The van der Waals surface area contributed by atoms with Crippen LogP contribution in [-0.2, 0) is 4.79 Å². The lowest BCUT2D eigenvalue weighted by molar-refractivity contribution is -0.122. The summed E-state index contributed by atoms with van der Waals surface area (Å²) in [6.45, 7) is 3.59. The standard InChI is InChI=1S/C17H16ClN5O2/c1-11-8-14(6-7-16(11)23-10-19-21-22-23)20-17(24)12(2)25-15-5-3-4-13(18)9-15/h3-10,12H,1-2H3,(H,20,24). The number of nitrogens with zero attached hydrogens (tertiary/aromatic N) is 4. The lowest BCUT2D eigenvalue weighted by atomic mass is 10.1. The third-order valence-corrected chi connectivity index (χ3v) is 3.77. The molecule has 8 heteroatoms. The van der Waals surface area contributed by atoms with Gasteiger partial charge in [-0.2, -0.15) is 0 Å². The number of nitrogens with one attached hydrogen (secondary N) is 1. The number of rotatable bonds is 5. The predicted molar refractivity (Wildman–Crippen MR) is 94.1 cm³/mol. The second-order valence-corrected chi connectivity index (χ2v) is 5.90. The highest BCUT2D eigenvalue weighted by molar-refractivity contribution is 6.30. The number of amides is 1. The highest BCUT2D eigenvalue weighted by Crippen LogP contribution is 2.20. The second kappa shape index (κ2) is 7.31. The van der Waals surface area contributed by atoms with Crippen LogP contribution in [-0.4, -0.2) is 32.2 Å². The van der Waals surface area contributed by atoms with Crippen molar-refractivity contribution in [1.29, 1.82) is 0 Å². The molecule has 1 atom stereocenters. The average Bonchev–Trinajstić information content (AvgIpc) is 3.09. The number of aromatic nitrogens is 4. The van der Waals surface area contributed by atoms with Gasteiger partial charge >= 0.3 is 0 Å². The Balaban J connectivity index is 1.67. The van der Waals surface area contributed by atoms with Crippen molar-refractivity contribution in [3.8, 4) is 11.4 Å². The molecule has 1 unspecified atom stereocenters. The molecule has 25 heavy (non-hydrogen) atoms. The van der Waals surface area contributed by atoms with Gasteiger partial charge in [-0.25, -0.2) is 4.68 Å². The third kappa shape index (κ3) is 4.13. The summed E-state index contributed by atoms with van der Waals surface area (Å²) in [5.74, 6) is 0.287. The average molecular weight is 358 g/mol. The van der Waals surface area contributed by atoms with Gasteiger partial charge in [-0.3, -0.25) is 4.79 Å². The zero-order valence-electron chi connectivity index (χ0n) is 13.7. The number of hydrogen-bond donors (Lipinski definition) is 1. The number of halogens is 1. The summed E-state index contributed by atoms with van der Waals surface area (Å²) < 4.78 is 7.18. The molecule has 2 aromatic carbocycles. The number of ether oxygens (including phenoxy) is 1. The van der Waals surface area contributed by atoms with Gasteiger partial charge in [0.05, 0.1) is 5.69 Å². The van der Waals surface area contributed by atoms with Crippen LogP contribution in [0.1, 0.15) is 12.5 Å². The molecule has 0 aliphatic heterocycles. The molecule has 1 amide bonds. The Morgan fingerprint density at radius 3 is 2.80 bits per heavy atom. The van der Waals surface area contributed by atoms with Crippen molar-refractivity contribution in [3.63, 3.8) is 0 Å². The minimum atomic E-state index is -0.669. The van der Waals surface area contributed by atoms with E-state index < -0.39 is 6.10 Å². The fourth-order valence-corrected chi connectivity index (χ4v) is 2.48. The van der Waals surface area contributed by atoms with Crippen molar-refractivity contribution in [2.24, 2.45) is 0 Å². The van der Waals surface area contributed by atoms with E-state index in [1.807, 2.05) is 19.1 Å². The van der Waals surface area contributed by atoms with Gasteiger partial charge in [0.1, 0.15) is 12.1 Å². The summed E-state index contributed by atoms with van der Waals surface area (Å²) >= 11 is 5.92. The molecule has 0 fully saturated rings. The molecule has 1 aromatic heterocycles. The molecular formula is C17H16ClN5O2. The first-order chi connectivity index (χ1) is 12.0. The number of anilines is 1. The van der Waals surface area contributed by atoms with Crippen molar-refractivity contribution in [1.82, 2.24) is 20.2 Å². The first-order valence-corrected chi connectivity index (χ1v) is 7.98. The van der Waals surface area contributed by atoms with Crippen LogP contribution < -0.4 is 10.1 Å². The molecule has 1 N–H and O–H groups in total. The maximum absolute atomic E-state index is 12.3. The van der Waals surface area contributed by atoms with Crippen LogP contribution in [0.4, 0.5) is 5.69 Å². The van der Waals surface area contributed by atoms with Crippen LogP contribution in [0.5, 0.6) is 5.75 Å². The minimum absolute atomic E-state index is 0.255. The largest absolute Gasteiger partial charge is 0.481 e. The lowest BCUT2D eigenvalue weighted by Gasteiger charge is -2.15. The first kappa shape index (κ1) is 16.9. The Hall–Kier alpha value is -2.93. The topological polar surface area (TPSA) is 81.9 Å². The summed E-state index contributed by atoms with van der Waals surface area (Å²) in [4.78, 5) is 12.3. The number of hydrogen-bond acceptors (Lipinski definition) is 5. The van der Waals surface area contributed by atoms with E-state index in [1.165, 1.54) is 6.33 Å². The molecule has 128 valence electrons. The first-order valence-electron chi connectivity index (χ1n) is 7.60. The predicted octanol–water partition coefficient (Wildman–Crippen LogP) is 3.03. The van der Waals surface area contributed by atoms with E-state index in [0.29, 0.717) is 16.5 Å². The van der Waals surface area contributed by atoms with Crippen molar-refractivity contribution >= 4 is 23.2 Å². The van der Waals surface area contributed by atoms with Crippen molar-refractivity contribution < 1.29 is 9.53 Å². The van der Waals surface area contributed by atoms with E-state index in [0.717, 1.165) is 11.3 Å². The molecule has 0 bridgehead atoms. The van der Waals surface area contributed by atoms with Crippen molar-refractivity contribution in [2.45, 2.75) is 20.0 Å². The molecule has 0 radical (unpaired) electrons. The molecule has 3 rings (SSSR count). The van der Waals surface area contributed by atoms with E-state index in [-0.39, 0.29) is 5.91 Å². The van der Waals surface area contributed by atoms with Crippen LogP contribution in [0, 0.1) is 6.92 Å². The van der Waals surface area contributed by atoms with Gasteiger partial charge in [-0.15, -0.1) is 5.10 Å². The SMILES string of the molecule is Cc1cc(NC(=O)C(C)Oc2cccc(Cl)c2)ccc1-n1cnnn1. The minimum Gasteiger partial charge on any atom is -0.481 e. The van der Waals surface area contributed by atoms with E-state index in [4.69, 9.17) is 16.3 Å². The normalized spacial score (nSPS) is 11.8. The summed E-state index contributed by atoms with van der Waals surface area (Å²) in [6, 6.07) is 12.4. The summed E-state index contributed by atoms with van der Waals surface area (Å²) in [6.07, 6.45) is 0.847. The van der Waals surface area contributed by atoms with Gasteiger partial charge in [0.15, 0.2) is 6.10 Å². The number of tetrazole rings is 1. The van der Waals surface area contributed by atoms with Gasteiger partial charge in [-0.1, -0.05) is 17.7 Å². The Bertz CT molecular complexity index is 883. The fraction of sp³-hybridized carbons (Fsp3) is 0.176. The Labute approximate surface area is 149 Å². The zero-order valence-corrected chi connectivity index (χ0v) is 14.4. The van der Waals surface area contributed by atoms with Gasteiger partial charge in [0, 0.05) is 10.7 Å². The Morgan fingerprint density at radius 2 is 2.12 bits per heavy atom. The van der Waals surface area contributed by atoms with Crippen LogP contribution in [0.25, 0.3) is 5.69 Å².